The van der Waals surface area contributed by atoms with Crippen molar-refractivity contribution < 1.29 is 9.53 Å². The van der Waals surface area contributed by atoms with Crippen LogP contribution in [0.4, 0.5) is 0 Å². The number of methoxy groups -OCH3 is 1. The van der Waals surface area contributed by atoms with E-state index in [9.17, 15) is 4.79 Å². The molecule has 12 heavy (non-hydrogen) atoms. The predicted molar refractivity (Wildman–Crippen MR) is 47.8 cm³/mol. The summed E-state index contributed by atoms with van der Waals surface area (Å²) in [6.45, 7) is 2.67. The van der Waals surface area contributed by atoms with Crippen molar-refractivity contribution in [2.75, 3.05) is 13.7 Å². The van der Waals surface area contributed by atoms with Gasteiger partial charge in [0.2, 0.25) is 0 Å². The second-order valence-electron chi connectivity index (χ2n) is 2.58. The summed E-state index contributed by atoms with van der Waals surface area (Å²) in [5, 5.41) is 2.72. The fraction of sp³-hybridized carbons (Fsp3) is 0.500. The molecule has 1 heterocycles. The van der Waals surface area contributed by atoms with Crippen LogP contribution < -0.4 is 0 Å². The number of rotatable bonds is 4. The van der Waals surface area contributed by atoms with Gasteiger partial charge < -0.3 is 4.74 Å². The van der Waals surface area contributed by atoms with E-state index in [1.807, 2.05) is 6.92 Å². The molecule has 1 aromatic heterocycles. The van der Waals surface area contributed by atoms with Crippen LogP contribution in [0.3, 0.4) is 0 Å². The Balaban J connectivity index is 2.67. The summed E-state index contributed by atoms with van der Waals surface area (Å²) in [6.07, 6.45) is 0.763. The van der Waals surface area contributed by atoms with Crippen molar-refractivity contribution in [3.8, 4) is 0 Å². The van der Waals surface area contributed by atoms with Crippen LogP contribution in [-0.4, -0.2) is 25.0 Å². The zero-order valence-electron chi connectivity index (χ0n) is 7.11. The highest BCUT2D eigenvalue weighted by Gasteiger charge is 2.09. The Morgan fingerprint density at radius 1 is 1.83 bits per heavy atom. The van der Waals surface area contributed by atoms with Gasteiger partial charge in [0.25, 0.3) is 0 Å². The van der Waals surface area contributed by atoms with E-state index < -0.39 is 0 Å². The van der Waals surface area contributed by atoms with E-state index in [0.717, 1.165) is 11.3 Å². The number of nitrogens with zero attached hydrogens (tertiary/aromatic N) is 1. The molecule has 0 saturated carbocycles. The minimum atomic E-state index is 0.272. The molecule has 0 spiro atoms. The molecule has 0 fully saturated rings. The zero-order chi connectivity index (χ0) is 8.97. The fourth-order valence-corrected chi connectivity index (χ4v) is 1.71. The molecule has 1 aromatic rings. The van der Waals surface area contributed by atoms with Crippen LogP contribution in [0.1, 0.15) is 28.3 Å². The van der Waals surface area contributed by atoms with E-state index >= 15 is 0 Å². The van der Waals surface area contributed by atoms with Gasteiger partial charge in [-0.3, -0.25) is 4.79 Å². The molecule has 1 unspecified atom stereocenters. The maximum atomic E-state index is 10.3. The van der Waals surface area contributed by atoms with Crippen molar-refractivity contribution in [3.63, 3.8) is 0 Å². The third kappa shape index (κ3) is 2.12. The average molecular weight is 185 g/mol. The number of carbonyl (C=O) groups excluding carboxylic acids is 1. The van der Waals surface area contributed by atoms with Crippen molar-refractivity contribution in [2.24, 2.45) is 0 Å². The molecule has 0 aliphatic rings. The van der Waals surface area contributed by atoms with Crippen LogP contribution in [0.2, 0.25) is 0 Å². The first-order valence-corrected chi connectivity index (χ1v) is 4.55. The molecule has 0 bridgehead atoms. The van der Waals surface area contributed by atoms with Crippen molar-refractivity contribution in [3.05, 3.63) is 16.1 Å². The van der Waals surface area contributed by atoms with Crippen LogP contribution in [-0.2, 0) is 4.74 Å². The first kappa shape index (κ1) is 9.35. The van der Waals surface area contributed by atoms with Gasteiger partial charge in [0, 0.05) is 18.4 Å². The van der Waals surface area contributed by atoms with E-state index in [1.165, 1.54) is 11.3 Å². The second kappa shape index (κ2) is 4.33. The third-order valence-corrected chi connectivity index (χ3v) is 2.59. The third-order valence-electron chi connectivity index (χ3n) is 1.50. The van der Waals surface area contributed by atoms with Gasteiger partial charge in [-0.05, 0) is 0 Å². The molecule has 66 valence electrons. The van der Waals surface area contributed by atoms with E-state index in [2.05, 4.69) is 4.98 Å². The summed E-state index contributed by atoms with van der Waals surface area (Å²) < 4.78 is 4.98. The Morgan fingerprint density at radius 2 is 2.58 bits per heavy atom. The minimum Gasteiger partial charge on any atom is -0.384 e. The van der Waals surface area contributed by atoms with Gasteiger partial charge >= 0.3 is 0 Å². The molecule has 0 radical (unpaired) electrons. The highest BCUT2D eigenvalue weighted by molar-refractivity contribution is 7.09. The van der Waals surface area contributed by atoms with Crippen molar-refractivity contribution in [2.45, 2.75) is 12.8 Å². The molecular weight excluding hydrogens is 174 g/mol. The van der Waals surface area contributed by atoms with Crippen LogP contribution in [0.5, 0.6) is 0 Å². The van der Waals surface area contributed by atoms with Crippen molar-refractivity contribution in [1.82, 2.24) is 4.98 Å². The lowest BCUT2D eigenvalue weighted by Crippen LogP contribution is -2.01. The number of hydrogen-bond acceptors (Lipinski definition) is 4. The zero-order valence-corrected chi connectivity index (χ0v) is 7.93. The normalized spacial score (nSPS) is 12.8. The molecule has 1 atom stereocenters. The molecule has 3 nitrogen and oxygen atoms in total. The quantitative estimate of drug-likeness (QED) is 0.670. The molecule has 0 aliphatic carbocycles. The average Bonchev–Trinajstić information content (AvgIpc) is 2.52. The maximum Gasteiger partial charge on any atom is 0.169 e. The van der Waals surface area contributed by atoms with Crippen molar-refractivity contribution >= 4 is 17.6 Å². The lowest BCUT2D eigenvalue weighted by Gasteiger charge is -2.04. The maximum absolute atomic E-state index is 10.3. The minimum absolute atomic E-state index is 0.272. The number of thiazole rings is 1. The van der Waals surface area contributed by atoms with Crippen LogP contribution in [0, 0.1) is 0 Å². The summed E-state index contributed by atoms with van der Waals surface area (Å²) >= 11 is 1.50. The highest BCUT2D eigenvalue weighted by atomic mass is 32.1. The Labute approximate surface area is 75.4 Å². The summed E-state index contributed by atoms with van der Waals surface area (Å²) in [5.41, 5.74) is 0.512. The fourth-order valence-electron chi connectivity index (χ4n) is 0.902. The van der Waals surface area contributed by atoms with Crippen LogP contribution in [0.25, 0.3) is 0 Å². The van der Waals surface area contributed by atoms with E-state index in [4.69, 9.17) is 4.74 Å². The Morgan fingerprint density at radius 3 is 3.08 bits per heavy atom. The van der Waals surface area contributed by atoms with E-state index in [0.29, 0.717) is 12.3 Å². The van der Waals surface area contributed by atoms with Gasteiger partial charge in [-0.2, -0.15) is 0 Å². The molecule has 0 aromatic carbocycles. The lowest BCUT2D eigenvalue weighted by atomic mass is 10.2. The van der Waals surface area contributed by atoms with Gasteiger partial charge in [-0.15, -0.1) is 11.3 Å². The molecule has 0 N–H and O–H groups in total. The first-order chi connectivity index (χ1) is 5.77. The molecule has 0 aliphatic heterocycles. The smallest absolute Gasteiger partial charge is 0.169 e. The van der Waals surface area contributed by atoms with E-state index in [-0.39, 0.29) is 5.92 Å². The standard InChI is InChI=1S/C8H11NO2S/c1-6(4-11-2)8-9-7(3-10)5-12-8/h3,5-6H,4H2,1-2H3. The van der Waals surface area contributed by atoms with E-state index in [1.54, 1.807) is 12.5 Å². The highest BCUT2D eigenvalue weighted by Crippen LogP contribution is 2.19. The molecule has 0 amide bonds. The first-order valence-electron chi connectivity index (χ1n) is 3.67. The number of ether oxygens (including phenoxy) is 1. The Kier molecular flexibility index (Phi) is 3.37. The predicted octanol–water partition coefficient (Wildman–Crippen LogP) is 1.71. The second-order valence-corrected chi connectivity index (χ2v) is 3.47. The van der Waals surface area contributed by atoms with Gasteiger partial charge in [-0.25, -0.2) is 4.98 Å². The lowest BCUT2D eigenvalue weighted by molar-refractivity contribution is 0.111. The van der Waals surface area contributed by atoms with Crippen molar-refractivity contribution in [1.29, 1.82) is 0 Å². The SMILES string of the molecule is COCC(C)c1nc(C=O)cs1. The van der Waals surface area contributed by atoms with Gasteiger partial charge in [0.1, 0.15) is 5.69 Å². The number of aromatic nitrogens is 1. The van der Waals surface area contributed by atoms with Crippen LogP contribution >= 0.6 is 11.3 Å². The molecule has 1 rings (SSSR count). The van der Waals surface area contributed by atoms with Gasteiger partial charge in [0.05, 0.1) is 11.6 Å². The monoisotopic (exact) mass is 185 g/mol. The summed E-state index contributed by atoms with van der Waals surface area (Å²) in [5.74, 6) is 0.272. The topological polar surface area (TPSA) is 39.2 Å². The molecule has 4 heteroatoms. The summed E-state index contributed by atoms with van der Waals surface area (Å²) in [7, 11) is 1.66. The van der Waals surface area contributed by atoms with Gasteiger partial charge in [0.15, 0.2) is 6.29 Å². The molecular formula is C8H11NO2S. The number of carbonyl (C=O) groups is 1. The van der Waals surface area contributed by atoms with Gasteiger partial charge in [-0.1, -0.05) is 6.92 Å². The number of hydrogen-bond donors (Lipinski definition) is 0. The summed E-state index contributed by atoms with van der Waals surface area (Å²) in [4.78, 5) is 14.4. The summed E-state index contributed by atoms with van der Waals surface area (Å²) in [6, 6.07) is 0. The Hall–Kier alpha value is -0.740. The number of aldehydes is 1. The Bertz CT molecular complexity index is 259. The van der Waals surface area contributed by atoms with Crippen LogP contribution in [0.15, 0.2) is 5.38 Å². The largest absolute Gasteiger partial charge is 0.384 e. The molecule has 0 saturated heterocycles.